The van der Waals surface area contributed by atoms with Crippen LogP contribution in [0.3, 0.4) is 0 Å². The summed E-state index contributed by atoms with van der Waals surface area (Å²) in [5, 5.41) is 7.77. The van der Waals surface area contributed by atoms with E-state index in [2.05, 4.69) is 17.2 Å². The molecule has 0 aliphatic rings. The van der Waals surface area contributed by atoms with Crippen LogP contribution in [0.15, 0.2) is 22.9 Å². The highest BCUT2D eigenvalue weighted by Gasteiger charge is 2.11. The Bertz CT molecular complexity index is 593. The minimum absolute atomic E-state index is 0.0337. The van der Waals surface area contributed by atoms with Crippen molar-refractivity contribution in [3.63, 3.8) is 0 Å². The first-order valence-corrected chi connectivity index (χ1v) is 9.99. The predicted molar refractivity (Wildman–Crippen MR) is 89.0 cm³/mol. The summed E-state index contributed by atoms with van der Waals surface area (Å²) in [5.74, 6) is 0.212. The molecule has 1 amide bonds. The summed E-state index contributed by atoms with van der Waals surface area (Å²) in [6.07, 6.45) is 2.01. The molecule has 0 spiro atoms. The number of carbonyl (C=O) groups is 1. The number of carbonyl (C=O) groups excluding carboxylic acids is 1. The van der Waals surface area contributed by atoms with Gasteiger partial charge >= 0.3 is 0 Å². The number of rotatable bonds is 8. The molecule has 0 aromatic carbocycles. The van der Waals surface area contributed by atoms with Crippen molar-refractivity contribution in [1.29, 1.82) is 0 Å². The molecule has 0 bridgehead atoms. The van der Waals surface area contributed by atoms with E-state index in [1.54, 1.807) is 22.7 Å². The van der Waals surface area contributed by atoms with Crippen LogP contribution in [0.25, 0.3) is 0 Å². The summed E-state index contributed by atoms with van der Waals surface area (Å²) in [6, 6.07) is 3.91. The first-order chi connectivity index (χ1) is 10.2. The summed E-state index contributed by atoms with van der Waals surface area (Å²) in [6.45, 7) is 2.61. The van der Waals surface area contributed by atoms with E-state index < -0.39 is 10.8 Å². The highest BCUT2D eigenvalue weighted by molar-refractivity contribution is 7.84. The Hall–Kier alpha value is -1.05. The molecule has 0 aliphatic carbocycles. The average molecular weight is 343 g/mol. The van der Waals surface area contributed by atoms with Crippen LogP contribution in [0.1, 0.15) is 28.9 Å². The van der Waals surface area contributed by atoms with Crippen LogP contribution < -0.4 is 5.32 Å². The molecule has 0 fully saturated rings. The smallest absolute Gasteiger partial charge is 0.232 e. The van der Waals surface area contributed by atoms with Gasteiger partial charge in [0.2, 0.25) is 5.91 Å². The second-order valence-electron chi connectivity index (χ2n) is 4.57. The summed E-state index contributed by atoms with van der Waals surface area (Å²) in [5.41, 5.74) is 0.827. The van der Waals surface area contributed by atoms with Crippen molar-refractivity contribution in [3.8, 4) is 0 Å². The van der Waals surface area contributed by atoms with E-state index in [0.29, 0.717) is 12.3 Å². The summed E-state index contributed by atoms with van der Waals surface area (Å²) in [7, 11) is -1.20. The standard InChI is InChI=1S/C14H18N2O2S3/c1-2-4-14-16-11(8-20-14)9-21(18)10-13(17)15-7-12-5-3-6-19-12/h3,5-6,8H,2,4,7,9-10H2,1H3,(H,15,17)/t21-/m1/s1. The van der Waals surface area contributed by atoms with Crippen LogP contribution in [0.5, 0.6) is 0 Å². The van der Waals surface area contributed by atoms with E-state index in [-0.39, 0.29) is 11.7 Å². The molecule has 2 aromatic rings. The predicted octanol–water partition coefficient (Wildman–Crippen LogP) is 2.72. The number of hydrogen-bond donors (Lipinski definition) is 1. The molecule has 0 saturated heterocycles. The molecule has 0 saturated carbocycles. The van der Waals surface area contributed by atoms with E-state index in [4.69, 9.17) is 0 Å². The molecular weight excluding hydrogens is 324 g/mol. The molecule has 0 aliphatic heterocycles. The fourth-order valence-corrected chi connectivity index (χ4v) is 4.38. The molecule has 0 radical (unpaired) electrons. The second kappa shape index (κ2) is 8.41. The molecule has 1 atom stereocenters. The lowest BCUT2D eigenvalue weighted by atomic mass is 10.3. The van der Waals surface area contributed by atoms with Gasteiger partial charge in [-0.05, 0) is 24.3 Å². The number of hydrogen-bond acceptors (Lipinski definition) is 5. The minimum atomic E-state index is -1.20. The van der Waals surface area contributed by atoms with E-state index in [1.807, 2.05) is 22.9 Å². The SMILES string of the molecule is CCCc1nc(C[S@@](=O)CC(=O)NCc2cccs2)cs1. The van der Waals surface area contributed by atoms with Crippen LogP contribution in [-0.2, 0) is 34.3 Å². The van der Waals surface area contributed by atoms with Crippen LogP contribution >= 0.6 is 22.7 Å². The zero-order valence-electron chi connectivity index (χ0n) is 11.8. The topological polar surface area (TPSA) is 59.1 Å². The second-order valence-corrected chi connectivity index (χ2v) is 8.00. The Kier molecular flexibility index (Phi) is 6.53. The Morgan fingerprint density at radius 1 is 1.43 bits per heavy atom. The van der Waals surface area contributed by atoms with Gasteiger partial charge in [-0.3, -0.25) is 9.00 Å². The van der Waals surface area contributed by atoms with Gasteiger partial charge in [0.05, 0.1) is 23.0 Å². The van der Waals surface area contributed by atoms with Gasteiger partial charge in [-0.2, -0.15) is 0 Å². The Morgan fingerprint density at radius 3 is 3.00 bits per heavy atom. The fourth-order valence-electron chi connectivity index (χ4n) is 1.76. The van der Waals surface area contributed by atoms with Crippen LogP contribution in [0.2, 0.25) is 0 Å². The van der Waals surface area contributed by atoms with E-state index >= 15 is 0 Å². The first-order valence-electron chi connectivity index (χ1n) is 6.74. The summed E-state index contributed by atoms with van der Waals surface area (Å²) in [4.78, 5) is 17.3. The fraction of sp³-hybridized carbons (Fsp3) is 0.429. The third kappa shape index (κ3) is 5.68. The zero-order valence-corrected chi connectivity index (χ0v) is 14.3. The van der Waals surface area contributed by atoms with E-state index in [1.165, 1.54) is 0 Å². The van der Waals surface area contributed by atoms with Crippen LogP contribution in [-0.4, -0.2) is 20.9 Å². The Morgan fingerprint density at radius 2 is 2.29 bits per heavy atom. The number of nitrogens with one attached hydrogen (secondary N) is 1. The molecule has 114 valence electrons. The number of amides is 1. The number of aryl methyl sites for hydroxylation is 1. The van der Waals surface area contributed by atoms with Gasteiger partial charge in [0, 0.05) is 21.1 Å². The Labute approximate surface area is 135 Å². The zero-order chi connectivity index (χ0) is 15.1. The van der Waals surface area contributed by atoms with Crippen LogP contribution in [0, 0.1) is 0 Å². The van der Waals surface area contributed by atoms with Gasteiger partial charge < -0.3 is 5.32 Å². The monoisotopic (exact) mass is 342 g/mol. The largest absolute Gasteiger partial charge is 0.350 e. The highest BCUT2D eigenvalue weighted by Crippen LogP contribution is 2.13. The van der Waals surface area contributed by atoms with Gasteiger partial charge in [-0.1, -0.05) is 13.0 Å². The van der Waals surface area contributed by atoms with Crippen molar-refractivity contribution < 1.29 is 9.00 Å². The molecule has 4 nitrogen and oxygen atoms in total. The number of nitrogens with zero attached hydrogens (tertiary/aromatic N) is 1. The molecule has 2 aromatic heterocycles. The minimum Gasteiger partial charge on any atom is -0.350 e. The maximum absolute atomic E-state index is 12.0. The van der Waals surface area contributed by atoms with Crippen molar-refractivity contribution in [2.45, 2.75) is 32.1 Å². The van der Waals surface area contributed by atoms with Gasteiger partial charge in [-0.15, -0.1) is 22.7 Å². The lowest BCUT2D eigenvalue weighted by Gasteiger charge is -2.03. The maximum atomic E-state index is 12.0. The van der Waals surface area contributed by atoms with Gasteiger partial charge in [0.1, 0.15) is 5.75 Å². The van der Waals surface area contributed by atoms with Gasteiger partial charge in [0.25, 0.3) is 0 Å². The highest BCUT2D eigenvalue weighted by atomic mass is 32.2. The molecule has 2 rings (SSSR count). The molecule has 1 N–H and O–H groups in total. The number of aromatic nitrogens is 1. The lowest BCUT2D eigenvalue weighted by molar-refractivity contribution is -0.118. The third-order valence-electron chi connectivity index (χ3n) is 2.70. The number of thiazole rings is 1. The average Bonchev–Trinajstić information content (AvgIpc) is 3.08. The van der Waals surface area contributed by atoms with Crippen molar-refractivity contribution in [2.75, 3.05) is 5.75 Å². The summed E-state index contributed by atoms with van der Waals surface area (Å²) < 4.78 is 12.0. The van der Waals surface area contributed by atoms with Gasteiger partial charge in [0.15, 0.2) is 0 Å². The van der Waals surface area contributed by atoms with Gasteiger partial charge in [-0.25, -0.2) is 4.98 Å². The normalized spacial score (nSPS) is 12.2. The summed E-state index contributed by atoms with van der Waals surface area (Å²) >= 11 is 3.19. The molecule has 2 heterocycles. The Balaban J connectivity index is 1.74. The quantitative estimate of drug-likeness (QED) is 0.802. The maximum Gasteiger partial charge on any atom is 0.232 e. The third-order valence-corrected chi connectivity index (χ3v) is 5.74. The molecule has 21 heavy (non-hydrogen) atoms. The van der Waals surface area contributed by atoms with E-state index in [0.717, 1.165) is 28.4 Å². The van der Waals surface area contributed by atoms with Crippen molar-refractivity contribution in [3.05, 3.63) is 38.5 Å². The molecule has 0 unspecified atom stereocenters. The van der Waals surface area contributed by atoms with Crippen molar-refractivity contribution in [2.24, 2.45) is 0 Å². The van der Waals surface area contributed by atoms with E-state index in [9.17, 15) is 9.00 Å². The molecular formula is C14H18N2O2S3. The first kappa shape index (κ1) is 16.3. The molecule has 7 heteroatoms. The van der Waals surface area contributed by atoms with Crippen LogP contribution in [0.4, 0.5) is 0 Å². The lowest BCUT2D eigenvalue weighted by Crippen LogP contribution is -2.27. The van der Waals surface area contributed by atoms with Crippen molar-refractivity contribution in [1.82, 2.24) is 10.3 Å². The number of thiophene rings is 1. The van der Waals surface area contributed by atoms with Crippen molar-refractivity contribution >= 4 is 39.4 Å².